The van der Waals surface area contributed by atoms with Gasteiger partial charge < -0.3 is 5.11 Å². The van der Waals surface area contributed by atoms with E-state index in [-0.39, 0.29) is 5.88 Å². The first kappa shape index (κ1) is 11.0. The first-order valence-corrected chi connectivity index (χ1v) is 5.85. The summed E-state index contributed by atoms with van der Waals surface area (Å²) in [5.74, 6) is -0.00176. The highest BCUT2D eigenvalue weighted by atomic mass is 35.5. The van der Waals surface area contributed by atoms with Crippen molar-refractivity contribution in [2.45, 2.75) is 6.92 Å². The van der Waals surface area contributed by atoms with Crippen LogP contribution in [0.1, 0.15) is 5.56 Å². The van der Waals surface area contributed by atoms with Gasteiger partial charge in [-0.2, -0.15) is 9.61 Å². The lowest BCUT2D eigenvalue weighted by Crippen LogP contribution is -1.93. The second-order valence-corrected chi connectivity index (χ2v) is 4.40. The van der Waals surface area contributed by atoms with Gasteiger partial charge in [0.2, 0.25) is 5.88 Å². The number of halogens is 1. The van der Waals surface area contributed by atoms with Crippen LogP contribution in [-0.2, 0) is 0 Å². The topological polar surface area (TPSA) is 50.4 Å². The molecular weight excluding hydrogens is 250 g/mol. The lowest BCUT2D eigenvalue weighted by molar-refractivity contribution is 0.441. The van der Waals surface area contributed by atoms with Crippen LogP contribution in [0.5, 0.6) is 5.88 Å². The molecule has 2 aromatic heterocycles. The van der Waals surface area contributed by atoms with Gasteiger partial charge in [0.15, 0.2) is 10.8 Å². The Morgan fingerprint density at radius 3 is 2.67 bits per heavy atom. The molecule has 1 aromatic carbocycles. The maximum Gasteiger partial charge on any atom is 0.241 e. The number of benzene rings is 1. The Morgan fingerprint density at radius 2 is 1.94 bits per heavy atom. The summed E-state index contributed by atoms with van der Waals surface area (Å²) in [6.45, 7) is 1.85. The van der Waals surface area contributed by atoms with Gasteiger partial charge in [0.1, 0.15) is 5.69 Å². The van der Waals surface area contributed by atoms with Crippen LogP contribution in [0.25, 0.3) is 16.9 Å². The maximum absolute atomic E-state index is 10.1. The fourth-order valence-corrected chi connectivity index (χ4v) is 1.95. The highest BCUT2D eigenvalue weighted by molar-refractivity contribution is 6.30. The predicted octanol–water partition coefficient (Wildman–Crippen LogP) is 3.06. The van der Waals surface area contributed by atoms with Crippen LogP contribution in [0.2, 0.25) is 5.15 Å². The lowest BCUT2D eigenvalue weighted by Gasteiger charge is -1.98. The van der Waals surface area contributed by atoms with Crippen molar-refractivity contribution in [3.63, 3.8) is 0 Å². The van der Waals surface area contributed by atoms with E-state index in [2.05, 4.69) is 10.1 Å². The number of aromatic nitrogens is 3. The number of nitrogens with zero attached hydrogens (tertiary/aromatic N) is 3. The van der Waals surface area contributed by atoms with Crippen molar-refractivity contribution in [3.05, 3.63) is 47.1 Å². The van der Waals surface area contributed by atoms with Gasteiger partial charge in [-0.15, -0.1) is 0 Å². The average molecular weight is 260 g/mol. The molecular formula is C13H10ClN3O. The minimum atomic E-state index is -0.00176. The zero-order valence-corrected chi connectivity index (χ0v) is 10.4. The van der Waals surface area contributed by atoms with Gasteiger partial charge in [-0.3, -0.25) is 0 Å². The van der Waals surface area contributed by atoms with Crippen molar-refractivity contribution in [2.75, 3.05) is 0 Å². The van der Waals surface area contributed by atoms with E-state index < -0.39 is 0 Å². The van der Waals surface area contributed by atoms with Crippen LogP contribution in [0.15, 0.2) is 36.4 Å². The highest BCUT2D eigenvalue weighted by Crippen LogP contribution is 2.29. The Hall–Kier alpha value is -2.07. The van der Waals surface area contributed by atoms with Crippen LogP contribution in [-0.4, -0.2) is 19.7 Å². The smallest absolute Gasteiger partial charge is 0.241 e. The SMILES string of the molecule is Cc1cc2nc(-c3ccccc3)c(O)n2nc1Cl. The lowest BCUT2D eigenvalue weighted by atomic mass is 10.2. The minimum absolute atomic E-state index is 0.00176. The zero-order valence-electron chi connectivity index (χ0n) is 9.63. The van der Waals surface area contributed by atoms with E-state index in [4.69, 9.17) is 11.6 Å². The minimum Gasteiger partial charge on any atom is -0.492 e. The van der Waals surface area contributed by atoms with Crippen molar-refractivity contribution >= 4 is 17.2 Å². The number of aryl methyl sites for hydroxylation is 1. The van der Waals surface area contributed by atoms with Gasteiger partial charge in [-0.25, -0.2) is 4.98 Å². The van der Waals surface area contributed by atoms with E-state index in [9.17, 15) is 5.11 Å². The molecule has 18 heavy (non-hydrogen) atoms. The van der Waals surface area contributed by atoms with Crippen LogP contribution in [0.3, 0.4) is 0 Å². The molecule has 0 spiro atoms. The van der Waals surface area contributed by atoms with E-state index in [0.29, 0.717) is 16.5 Å². The van der Waals surface area contributed by atoms with Crippen molar-refractivity contribution in [2.24, 2.45) is 0 Å². The van der Waals surface area contributed by atoms with Gasteiger partial charge >= 0.3 is 0 Å². The Balaban J connectivity index is 2.30. The van der Waals surface area contributed by atoms with E-state index in [0.717, 1.165) is 11.1 Å². The van der Waals surface area contributed by atoms with Crippen LogP contribution >= 0.6 is 11.6 Å². The van der Waals surface area contributed by atoms with E-state index in [1.807, 2.05) is 37.3 Å². The number of rotatable bonds is 1. The Bertz CT molecular complexity index is 722. The number of imidazole rings is 1. The molecule has 1 N–H and O–H groups in total. The number of hydrogen-bond acceptors (Lipinski definition) is 3. The molecule has 0 amide bonds. The largest absolute Gasteiger partial charge is 0.492 e. The summed E-state index contributed by atoms with van der Waals surface area (Å²) in [7, 11) is 0. The molecule has 0 aliphatic rings. The average Bonchev–Trinajstić information content (AvgIpc) is 2.69. The summed E-state index contributed by atoms with van der Waals surface area (Å²) in [6.07, 6.45) is 0. The normalized spacial score (nSPS) is 11.0. The van der Waals surface area contributed by atoms with Crippen molar-refractivity contribution in [3.8, 4) is 17.1 Å². The summed E-state index contributed by atoms with van der Waals surface area (Å²) in [6, 6.07) is 11.3. The first-order chi connectivity index (χ1) is 8.66. The van der Waals surface area contributed by atoms with Crippen molar-refractivity contribution in [1.82, 2.24) is 14.6 Å². The van der Waals surface area contributed by atoms with Crippen molar-refractivity contribution < 1.29 is 5.11 Å². The molecule has 0 aliphatic heterocycles. The quantitative estimate of drug-likeness (QED) is 0.731. The number of fused-ring (bicyclic) bond motifs is 1. The second kappa shape index (κ2) is 3.99. The Morgan fingerprint density at radius 1 is 1.22 bits per heavy atom. The predicted molar refractivity (Wildman–Crippen MR) is 69.8 cm³/mol. The summed E-state index contributed by atoms with van der Waals surface area (Å²) in [5.41, 5.74) is 2.75. The third-order valence-electron chi connectivity index (χ3n) is 2.76. The molecule has 3 rings (SSSR count). The summed E-state index contributed by atoms with van der Waals surface area (Å²) >= 11 is 5.94. The molecule has 0 atom stereocenters. The fraction of sp³-hybridized carbons (Fsp3) is 0.0769. The molecule has 0 saturated heterocycles. The molecule has 5 heteroatoms. The van der Waals surface area contributed by atoms with Gasteiger partial charge in [-0.05, 0) is 18.6 Å². The van der Waals surface area contributed by atoms with Gasteiger partial charge in [0, 0.05) is 5.56 Å². The second-order valence-electron chi connectivity index (χ2n) is 4.04. The van der Waals surface area contributed by atoms with Gasteiger partial charge in [0.25, 0.3) is 0 Å². The molecule has 4 nitrogen and oxygen atoms in total. The van der Waals surface area contributed by atoms with E-state index >= 15 is 0 Å². The Labute approximate surface area is 108 Å². The van der Waals surface area contributed by atoms with E-state index in [1.165, 1.54) is 4.52 Å². The molecule has 90 valence electrons. The number of hydrogen-bond donors (Lipinski definition) is 1. The van der Waals surface area contributed by atoms with Crippen LogP contribution in [0, 0.1) is 6.92 Å². The standard InChI is InChI=1S/C13H10ClN3O/c1-8-7-10-15-11(9-5-3-2-4-6-9)13(18)17(10)16-12(8)14/h2-7,18H,1H3. The summed E-state index contributed by atoms with van der Waals surface area (Å²) < 4.78 is 1.34. The van der Waals surface area contributed by atoms with Crippen LogP contribution < -0.4 is 0 Å². The molecule has 0 fully saturated rings. The molecule has 0 unspecified atom stereocenters. The van der Waals surface area contributed by atoms with Crippen molar-refractivity contribution in [1.29, 1.82) is 0 Å². The molecule has 0 bridgehead atoms. The zero-order chi connectivity index (χ0) is 12.7. The first-order valence-electron chi connectivity index (χ1n) is 5.47. The maximum atomic E-state index is 10.1. The molecule has 0 radical (unpaired) electrons. The monoisotopic (exact) mass is 259 g/mol. The summed E-state index contributed by atoms with van der Waals surface area (Å²) in [4.78, 5) is 4.38. The summed E-state index contributed by atoms with van der Waals surface area (Å²) in [5, 5.41) is 14.6. The van der Waals surface area contributed by atoms with Gasteiger partial charge in [0.05, 0.1) is 0 Å². The van der Waals surface area contributed by atoms with E-state index in [1.54, 1.807) is 6.07 Å². The molecule has 3 aromatic rings. The third-order valence-corrected chi connectivity index (χ3v) is 3.14. The number of aromatic hydroxyl groups is 1. The highest BCUT2D eigenvalue weighted by Gasteiger charge is 2.14. The fourth-order valence-electron chi connectivity index (χ4n) is 1.82. The molecule has 0 saturated carbocycles. The molecule has 2 heterocycles. The third kappa shape index (κ3) is 1.62. The van der Waals surface area contributed by atoms with Gasteiger partial charge in [-0.1, -0.05) is 41.9 Å². The Kier molecular flexibility index (Phi) is 2.45. The molecule has 0 aliphatic carbocycles. The van der Waals surface area contributed by atoms with Crippen LogP contribution in [0.4, 0.5) is 0 Å².